The van der Waals surface area contributed by atoms with Crippen molar-refractivity contribution in [3.63, 3.8) is 0 Å². The van der Waals surface area contributed by atoms with Gasteiger partial charge in [-0.2, -0.15) is 13.2 Å². The molecule has 0 radical (unpaired) electrons. The van der Waals surface area contributed by atoms with Crippen LogP contribution in [0.4, 0.5) is 13.2 Å². The van der Waals surface area contributed by atoms with Crippen LogP contribution in [0.15, 0.2) is 0 Å². The number of alkyl halides is 3. The Hall–Kier alpha value is -0.290. The summed E-state index contributed by atoms with van der Waals surface area (Å²) in [4.78, 5) is 1.92. The van der Waals surface area contributed by atoms with Crippen LogP contribution in [0.1, 0.15) is 26.2 Å². The standard InChI is InChI=1S/C11H21F3N2/c1-9(7-15)4-6-16-5-2-3-10(8-16)11(12,13)14/h9-10H,2-8,15H2,1H3. The lowest BCUT2D eigenvalue weighted by atomic mass is 9.97. The predicted octanol–water partition coefficient (Wildman–Crippen LogP) is 2.25. The molecule has 1 saturated heterocycles. The van der Waals surface area contributed by atoms with E-state index >= 15 is 0 Å². The molecule has 0 amide bonds. The van der Waals surface area contributed by atoms with Gasteiger partial charge < -0.3 is 10.6 Å². The normalized spacial score (nSPS) is 25.7. The van der Waals surface area contributed by atoms with Crippen LogP contribution in [0.2, 0.25) is 0 Å². The van der Waals surface area contributed by atoms with Crippen molar-refractivity contribution < 1.29 is 13.2 Å². The van der Waals surface area contributed by atoms with E-state index in [-0.39, 0.29) is 13.0 Å². The lowest BCUT2D eigenvalue weighted by molar-refractivity contribution is -0.186. The van der Waals surface area contributed by atoms with Crippen LogP contribution < -0.4 is 5.73 Å². The third-order valence-corrected chi connectivity index (χ3v) is 3.31. The van der Waals surface area contributed by atoms with Crippen LogP contribution in [0, 0.1) is 11.8 Å². The van der Waals surface area contributed by atoms with Crippen molar-refractivity contribution in [1.82, 2.24) is 4.90 Å². The topological polar surface area (TPSA) is 29.3 Å². The fraction of sp³-hybridized carbons (Fsp3) is 1.00. The van der Waals surface area contributed by atoms with Gasteiger partial charge >= 0.3 is 6.18 Å². The number of hydrogen-bond donors (Lipinski definition) is 1. The highest BCUT2D eigenvalue weighted by Crippen LogP contribution is 2.33. The van der Waals surface area contributed by atoms with E-state index in [1.54, 1.807) is 0 Å². The van der Waals surface area contributed by atoms with Crippen molar-refractivity contribution in [3.8, 4) is 0 Å². The van der Waals surface area contributed by atoms with Crippen LogP contribution in [-0.4, -0.2) is 37.3 Å². The van der Waals surface area contributed by atoms with Crippen LogP contribution in [0.5, 0.6) is 0 Å². The largest absolute Gasteiger partial charge is 0.393 e. The second-order valence-corrected chi connectivity index (χ2v) is 4.81. The van der Waals surface area contributed by atoms with Gasteiger partial charge in [0.1, 0.15) is 0 Å². The molecule has 0 spiro atoms. The van der Waals surface area contributed by atoms with Crippen molar-refractivity contribution in [2.75, 3.05) is 26.2 Å². The zero-order chi connectivity index (χ0) is 12.2. The molecule has 0 saturated carbocycles. The van der Waals surface area contributed by atoms with Gasteiger partial charge in [0.05, 0.1) is 5.92 Å². The third kappa shape index (κ3) is 4.29. The van der Waals surface area contributed by atoms with Gasteiger partial charge in [-0.05, 0) is 44.8 Å². The molecule has 2 nitrogen and oxygen atoms in total. The Balaban J connectivity index is 2.33. The third-order valence-electron chi connectivity index (χ3n) is 3.31. The summed E-state index contributed by atoms with van der Waals surface area (Å²) >= 11 is 0. The fourth-order valence-corrected chi connectivity index (χ4v) is 2.05. The number of likely N-dealkylation sites (tertiary alicyclic amines) is 1. The van der Waals surface area contributed by atoms with Crippen LogP contribution >= 0.6 is 0 Å². The molecular formula is C11H21F3N2. The van der Waals surface area contributed by atoms with Gasteiger partial charge in [-0.25, -0.2) is 0 Å². The summed E-state index contributed by atoms with van der Waals surface area (Å²) in [6, 6.07) is 0. The highest BCUT2D eigenvalue weighted by Gasteiger charge is 2.41. The molecule has 2 atom stereocenters. The molecule has 1 fully saturated rings. The molecule has 5 heteroatoms. The van der Waals surface area contributed by atoms with Gasteiger partial charge in [-0.1, -0.05) is 6.92 Å². The van der Waals surface area contributed by atoms with E-state index < -0.39 is 12.1 Å². The number of hydrogen-bond acceptors (Lipinski definition) is 2. The molecule has 0 aliphatic carbocycles. The first-order chi connectivity index (χ1) is 7.43. The molecule has 1 aliphatic heterocycles. The van der Waals surface area contributed by atoms with Gasteiger partial charge in [0.15, 0.2) is 0 Å². The highest BCUT2D eigenvalue weighted by molar-refractivity contribution is 4.78. The summed E-state index contributed by atoms with van der Waals surface area (Å²) in [5.41, 5.74) is 5.49. The lowest BCUT2D eigenvalue weighted by Crippen LogP contribution is -2.42. The maximum atomic E-state index is 12.5. The second kappa shape index (κ2) is 5.87. The first-order valence-corrected chi connectivity index (χ1v) is 5.92. The maximum Gasteiger partial charge on any atom is 0.393 e. The number of halogens is 3. The molecule has 1 heterocycles. The molecule has 0 aromatic carbocycles. The van der Waals surface area contributed by atoms with E-state index in [0.717, 1.165) is 19.5 Å². The van der Waals surface area contributed by atoms with Gasteiger partial charge in [0, 0.05) is 6.54 Å². The first-order valence-electron chi connectivity index (χ1n) is 5.92. The Bertz CT molecular complexity index is 206. The fourth-order valence-electron chi connectivity index (χ4n) is 2.05. The number of nitrogens with two attached hydrogens (primary N) is 1. The van der Waals surface area contributed by atoms with Crippen LogP contribution in [0.25, 0.3) is 0 Å². The molecule has 0 aromatic heterocycles. The number of nitrogens with zero attached hydrogens (tertiary/aromatic N) is 1. The van der Waals surface area contributed by atoms with E-state index in [9.17, 15) is 13.2 Å². The van der Waals surface area contributed by atoms with E-state index in [1.165, 1.54) is 0 Å². The minimum atomic E-state index is -4.03. The maximum absolute atomic E-state index is 12.5. The molecule has 2 N–H and O–H groups in total. The molecule has 1 rings (SSSR count). The van der Waals surface area contributed by atoms with Crippen LogP contribution in [0.3, 0.4) is 0 Å². The molecule has 16 heavy (non-hydrogen) atoms. The monoisotopic (exact) mass is 238 g/mol. The van der Waals surface area contributed by atoms with Crippen LogP contribution in [-0.2, 0) is 0 Å². The summed E-state index contributed by atoms with van der Waals surface area (Å²) in [5, 5.41) is 0. The summed E-state index contributed by atoms with van der Waals surface area (Å²) in [6.07, 6.45) is -2.20. The Kier molecular flexibility index (Phi) is 5.05. The van der Waals surface area contributed by atoms with E-state index in [1.807, 2.05) is 11.8 Å². The predicted molar refractivity (Wildman–Crippen MR) is 58.1 cm³/mol. The van der Waals surface area contributed by atoms with Gasteiger partial charge in [-0.15, -0.1) is 0 Å². The highest BCUT2D eigenvalue weighted by atomic mass is 19.4. The molecule has 0 bridgehead atoms. The average molecular weight is 238 g/mol. The minimum absolute atomic E-state index is 0.167. The lowest BCUT2D eigenvalue weighted by Gasteiger charge is -2.34. The molecule has 0 aromatic rings. The Labute approximate surface area is 95.0 Å². The molecular weight excluding hydrogens is 217 g/mol. The van der Waals surface area contributed by atoms with E-state index in [4.69, 9.17) is 5.73 Å². The number of rotatable bonds is 4. The smallest absolute Gasteiger partial charge is 0.330 e. The summed E-state index contributed by atoms with van der Waals surface area (Å²) in [5.74, 6) is -0.735. The van der Waals surface area contributed by atoms with Crippen molar-refractivity contribution in [2.45, 2.75) is 32.4 Å². The summed E-state index contributed by atoms with van der Waals surface area (Å²) in [6.45, 7) is 4.34. The zero-order valence-corrected chi connectivity index (χ0v) is 9.76. The van der Waals surface area contributed by atoms with Crippen molar-refractivity contribution >= 4 is 0 Å². The Morgan fingerprint density at radius 1 is 1.44 bits per heavy atom. The Morgan fingerprint density at radius 2 is 2.12 bits per heavy atom. The summed E-state index contributed by atoms with van der Waals surface area (Å²) in [7, 11) is 0. The van der Waals surface area contributed by atoms with E-state index in [2.05, 4.69) is 0 Å². The van der Waals surface area contributed by atoms with E-state index in [0.29, 0.717) is 18.9 Å². The Morgan fingerprint density at radius 3 is 2.69 bits per heavy atom. The average Bonchev–Trinajstić information content (AvgIpc) is 2.25. The van der Waals surface area contributed by atoms with Gasteiger partial charge in [0.25, 0.3) is 0 Å². The zero-order valence-electron chi connectivity index (χ0n) is 9.76. The van der Waals surface area contributed by atoms with Crippen molar-refractivity contribution in [3.05, 3.63) is 0 Å². The van der Waals surface area contributed by atoms with Gasteiger partial charge in [-0.3, -0.25) is 0 Å². The van der Waals surface area contributed by atoms with Gasteiger partial charge in [0.2, 0.25) is 0 Å². The van der Waals surface area contributed by atoms with Crippen molar-refractivity contribution in [1.29, 1.82) is 0 Å². The first kappa shape index (κ1) is 13.8. The summed E-state index contributed by atoms with van der Waals surface area (Å²) < 4.78 is 37.6. The van der Waals surface area contributed by atoms with Crippen molar-refractivity contribution in [2.24, 2.45) is 17.6 Å². The second-order valence-electron chi connectivity index (χ2n) is 4.81. The SMILES string of the molecule is CC(CN)CCN1CCCC(C(F)(F)F)C1. The minimum Gasteiger partial charge on any atom is -0.330 e. The number of piperidine rings is 1. The molecule has 2 unspecified atom stereocenters. The molecule has 1 aliphatic rings. The quantitative estimate of drug-likeness (QED) is 0.814. The molecule has 96 valence electrons.